The average molecular weight is 382 g/mol. The molecule has 2 amide bonds. The molecular weight excluding hydrogens is 356 g/mol. The minimum absolute atomic E-state index is 0.00902. The number of carbonyl (C=O) groups excluding carboxylic acids is 2. The smallest absolute Gasteiger partial charge is 0.274 e. The highest BCUT2D eigenvalue weighted by Gasteiger charge is 2.24. The third-order valence-corrected chi connectivity index (χ3v) is 4.68. The molecule has 1 aromatic carbocycles. The van der Waals surface area contributed by atoms with Crippen molar-refractivity contribution in [2.75, 3.05) is 19.7 Å². The molecule has 1 atom stereocenters. The largest absolute Gasteiger partial charge is 0.376 e. The molecule has 1 N–H and O–H groups in total. The molecule has 1 aliphatic rings. The zero-order chi connectivity index (χ0) is 19.8. The van der Waals surface area contributed by atoms with E-state index in [9.17, 15) is 9.59 Å². The highest BCUT2D eigenvalue weighted by Crippen LogP contribution is 2.15. The van der Waals surface area contributed by atoms with Crippen LogP contribution in [0.15, 0.2) is 42.7 Å². The van der Waals surface area contributed by atoms with E-state index in [1.165, 1.54) is 6.20 Å². The number of nitrogens with one attached hydrogen (secondary N) is 1. The molecule has 0 radical (unpaired) electrons. The summed E-state index contributed by atoms with van der Waals surface area (Å²) in [4.78, 5) is 35.1. The highest BCUT2D eigenvalue weighted by molar-refractivity contribution is 5.92. The number of carbonyl (C=O) groups is 2. The Bertz CT molecular complexity index is 774. The summed E-state index contributed by atoms with van der Waals surface area (Å²) in [5, 5.41) is 2.90. The molecule has 7 heteroatoms. The number of hydrogen-bond acceptors (Lipinski definition) is 5. The molecule has 28 heavy (non-hydrogen) atoms. The summed E-state index contributed by atoms with van der Waals surface area (Å²) in [5.74, 6) is -0.317. The summed E-state index contributed by atoms with van der Waals surface area (Å²) in [6.45, 7) is 3.79. The fourth-order valence-corrected chi connectivity index (χ4v) is 3.10. The highest BCUT2D eigenvalue weighted by atomic mass is 16.5. The molecule has 0 unspecified atom stereocenters. The number of ether oxygens (including phenoxy) is 1. The van der Waals surface area contributed by atoms with Crippen LogP contribution in [0.1, 0.15) is 41.0 Å². The van der Waals surface area contributed by atoms with Gasteiger partial charge in [0, 0.05) is 38.9 Å². The predicted octanol–water partition coefficient (Wildman–Crippen LogP) is 2.11. The van der Waals surface area contributed by atoms with Crippen LogP contribution in [0.2, 0.25) is 0 Å². The van der Waals surface area contributed by atoms with Crippen molar-refractivity contribution in [1.29, 1.82) is 0 Å². The van der Waals surface area contributed by atoms with Crippen molar-refractivity contribution in [1.82, 2.24) is 20.2 Å². The Hall–Kier alpha value is -2.80. The van der Waals surface area contributed by atoms with Crippen molar-refractivity contribution in [3.63, 3.8) is 0 Å². The van der Waals surface area contributed by atoms with E-state index in [2.05, 4.69) is 15.3 Å². The topological polar surface area (TPSA) is 84.4 Å². The second kappa shape index (κ2) is 9.94. The second-order valence-electron chi connectivity index (χ2n) is 6.94. The molecule has 1 aromatic heterocycles. The number of amides is 2. The fraction of sp³-hybridized carbons (Fsp3) is 0.429. The molecule has 0 spiro atoms. The van der Waals surface area contributed by atoms with Gasteiger partial charge in [-0.15, -0.1) is 0 Å². The van der Waals surface area contributed by atoms with Crippen molar-refractivity contribution in [2.24, 2.45) is 0 Å². The summed E-state index contributed by atoms with van der Waals surface area (Å²) < 4.78 is 5.67. The molecule has 1 fully saturated rings. The molecule has 148 valence electrons. The van der Waals surface area contributed by atoms with E-state index in [0.29, 0.717) is 26.2 Å². The first-order chi connectivity index (χ1) is 13.6. The Balaban J connectivity index is 1.57. The van der Waals surface area contributed by atoms with Gasteiger partial charge in [0.2, 0.25) is 5.91 Å². The molecule has 0 bridgehead atoms. The molecule has 0 saturated carbocycles. The van der Waals surface area contributed by atoms with Gasteiger partial charge in [-0.05, 0) is 25.3 Å². The van der Waals surface area contributed by atoms with Crippen LogP contribution in [0.3, 0.4) is 0 Å². The van der Waals surface area contributed by atoms with E-state index in [4.69, 9.17) is 4.74 Å². The van der Waals surface area contributed by atoms with Crippen LogP contribution in [0, 0.1) is 6.92 Å². The van der Waals surface area contributed by atoms with Crippen LogP contribution in [0.25, 0.3) is 0 Å². The van der Waals surface area contributed by atoms with E-state index in [1.54, 1.807) is 11.1 Å². The lowest BCUT2D eigenvalue weighted by Gasteiger charge is -2.25. The number of aryl methyl sites for hydroxylation is 1. The van der Waals surface area contributed by atoms with E-state index in [-0.39, 0.29) is 30.0 Å². The predicted molar refractivity (Wildman–Crippen MR) is 105 cm³/mol. The van der Waals surface area contributed by atoms with Crippen molar-refractivity contribution < 1.29 is 14.3 Å². The maximum absolute atomic E-state index is 12.9. The first kappa shape index (κ1) is 19.9. The number of aromatic nitrogens is 2. The maximum Gasteiger partial charge on any atom is 0.274 e. The van der Waals surface area contributed by atoms with Crippen molar-refractivity contribution in [3.8, 4) is 0 Å². The van der Waals surface area contributed by atoms with E-state index >= 15 is 0 Å². The van der Waals surface area contributed by atoms with Gasteiger partial charge < -0.3 is 15.0 Å². The summed E-state index contributed by atoms with van der Waals surface area (Å²) >= 11 is 0. The Morgan fingerprint density at radius 2 is 2.04 bits per heavy atom. The van der Waals surface area contributed by atoms with Crippen LogP contribution in [-0.2, 0) is 16.1 Å². The Kier molecular flexibility index (Phi) is 7.08. The first-order valence-electron chi connectivity index (χ1n) is 9.62. The quantitative estimate of drug-likeness (QED) is 0.756. The SMILES string of the molecule is Cc1cnc(C(=O)N(CCC(=O)NCc2ccccc2)C[C@@H]2CCCO2)cn1. The summed E-state index contributed by atoms with van der Waals surface area (Å²) in [5.41, 5.74) is 2.08. The summed E-state index contributed by atoms with van der Waals surface area (Å²) in [6.07, 6.45) is 5.21. The zero-order valence-corrected chi connectivity index (χ0v) is 16.1. The van der Waals surface area contributed by atoms with Crippen LogP contribution >= 0.6 is 0 Å². The standard InChI is InChI=1S/C21H26N4O3/c1-16-12-23-19(14-22-16)21(27)25(15-18-8-5-11-28-18)10-9-20(26)24-13-17-6-3-2-4-7-17/h2-4,6-7,12,14,18H,5,8-11,13,15H2,1H3,(H,24,26)/t18-/m0/s1. The van der Waals surface area contributed by atoms with E-state index in [0.717, 1.165) is 24.1 Å². The first-order valence-corrected chi connectivity index (χ1v) is 9.62. The number of hydrogen-bond donors (Lipinski definition) is 1. The molecule has 0 aliphatic carbocycles. The second-order valence-corrected chi connectivity index (χ2v) is 6.94. The lowest BCUT2D eigenvalue weighted by molar-refractivity contribution is -0.121. The Morgan fingerprint density at radius 1 is 1.21 bits per heavy atom. The lowest BCUT2D eigenvalue weighted by Crippen LogP contribution is -2.40. The van der Waals surface area contributed by atoms with E-state index < -0.39 is 0 Å². The van der Waals surface area contributed by atoms with Crippen molar-refractivity contribution in [3.05, 3.63) is 59.7 Å². The number of rotatable bonds is 8. The summed E-state index contributed by atoms with van der Waals surface area (Å²) in [7, 11) is 0. The Labute approximate surface area is 165 Å². The Morgan fingerprint density at radius 3 is 2.71 bits per heavy atom. The van der Waals surface area contributed by atoms with Gasteiger partial charge in [0.25, 0.3) is 5.91 Å². The molecular formula is C21H26N4O3. The van der Waals surface area contributed by atoms with Gasteiger partial charge in [0.15, 0.2) is 0 Å². The number of benzene rings is 1. The molecule has 1 saturated heterocycles. The van der Waals surface area contributed by atoms with E-state index in [1.807, 2.05) is 37.3 Å². The van der Waals surface area contributed by atoms with Crippen molar-refractivity contribution >= 4 is 11.8 Å². The number of nitrogens with zero attached hydrogens (tertiary/aromatic N) is 3. The maximum atomic E-state index is 12.9. The summed E-state index contributed by atoms with van der Waals surface area (Å²) in [6, 6.07) is 9.74. The third-order valence-electron chi connectivity index (χ3n) is 4.68. The zero-order valence-electron chi connectivity index (χ0n) is 16.1. The minimum atomic E-state index is -0.223. The fourth-order valence-electron chi connectivity index (χ4n) is 3.10. The lowest BCUT2D eigenvalue weighted by atomic mass is 10.2. The minimum Gasteiger partial charge on any atom is -0.376 e. The van der Waals surface area contributed by atoms with Crippen LogP contribution in [-0.4, -0.2) is 52.5 Å². The van der Waals surface area contributed by atoms with Crippen LogP contribution in [0.5, 0.6) is 0 Å². The van der Waals surface area contributed by atoms with Crippen molar-refractivity contribution in [2.45, 2.75) is 38.8 Å². The normalized spacial score (nSPS) is 16.0. The molecule has 1 aliphatic heterocycles. The van der Waals surface area contributed by atoms with Gasteiger partial charge in [-0.1, -0.05) is 30.3 Å². The monoisotopic (exact) mass is 382 g/mol. The molecule has 7 nitrogen and oxygen atoms in total. The van der Waals surface area contributed by atoms with Crippen LogP contribution < -0.4 is 5.32 Å². The van der Waals surface area contributed by atoms with Gasteiger partial charge >= 0.3 is 0 Å². The van der Waals surface area contributed by atoms with Gasteiger partial charge in [-0.25, -0.2) is 4.98 Å². The van der Waals surface area contributed by atoms with Gasteiger partial charge in [-0.3, -0.25) is 14.6 Å². The molecule has 3 rings (SSSR count). The molecule has 2 aromatic rings. The average Bonchev–Trinajstić information content (AvgIpc) is 3.23. The third kappa shape index (κ3) is 5.85. The van der Waals surface area contributed by atoms with Gasteiger partial charge in [-0.2, -0.15) is 0 Å². The van der Waals surface area contributed by atoms with Gasteiger partial charge in [0.1, 0.15) is 5.69 Å². The molecule has 2 heterocycles. The van der Waals surface area contributed by atoms with Gasteiger partial charge in [0.05, 0.1) is 18.0 Å². The van der Waals surface area contributed by atoms with Crippen LogP contribution in [0.4, 0.5) is 0 Å².